The first kappa shape index (κ1) is 19.8. The Morgan fingerprint density at radius 1 is 1.10 bits per heavy atom. The topological polar surface area (TPSA) is 85.5 Å². The Kier molecular flexibility index (Phi) is 5.83. The van der Waals surface area contributed by atoms with E-state index in [4.69, 9.17) is 9.26 Å². The molecule has 2 aromatic carbocycles. The molecular formula is C22H20FN3O4. The number of ether oxygens (including phenoxy) is 1. The van der Waals surface area contributed by atoms with Crippen LogP contribution in [0.3, 0.4) is 0 Å². The van der Waals surface area contributed by atoms with Crippen molar-refractivity contribution in [3.8, 4) is 11.4 Å². The lowest BCUT2D eigenvalue weighted by atomic mass is 10.00. The van der Waals surface area contributed by atoms with Crippen LogP contribution in [0.4, 0.5) is 4.39 Å². The number of benzene rings is 2. The number of fused-ring (bicyclic) bond motifs is 1. The molecule has 3 aromatic rings. The maximum atomic E-state index is 13.0. The van der Waals surface area contributed by atoms with Crippen molar-refractivity contribution in [2.45, 2.75) is 25.8 Å². The molecule has 1 aliphatic rings. The molecular weight excluding hydrogens is 389 g/mol. The number of hydrogen-bond donors (Lipinski definition) is 0. The molecule has 0 N–H and O–H groups in total. The second-order valence-corrected chi connectivity index (χ2v) is 7.01. The number of rotatable bonds is 6. The Bertz CT molecular complexity index is 1050. The maximum Gasteiger partial charge on any atom is 0.306 e. The fourth-order valence-electron chi connectivity index (χ4n) is 3.30. The van der Waals surface area contributed by atoms with E-state index in [0.717, 1.165) is 12.0 Å². The Morgan fingerprint density at radius 3 is 2.67 bits per heavy atom. The van der Waals surface area contributed by atoms with E-state index in [1.807, 2.05) is 18.2 Å². The number of nitrogens with zero attached hydrogens (tertiary/aromatic N) is 3. The highest BCUT2D eigenvalue weighted by atomic mass is 19.1. The maximum absolute atomic E-state index is 13.0. The van der Waals surface area contributed by atoms with Crippen molar-refractivity contribution < 1.29 is 23.2 Å². The van der Waals surface area contributed by atoms with E-state index in [1.54, 1.807) is 17.0 Å². The summed E-state index contributed by atoms with van der Waals surface area (Å²) in [5.41, 5.74) is 2.98. The van der Waals surface area contributed by atoms with Crippen LogP contribution in [0.2, 0.25) is 0 Å². The zero-order valence-corrected chi connectivity index (χ0v) is 16.2. The molecule has 0 saturated carbocycles. The van der Waals surface area contributed by atoms with E-state index < -0.39 is 5.97 Å². The zero-order valence-electron chi connectivity index (χ0n) is 16.2. The van der Waals surface area contributed by atoms with E-state index in [9.17, 15) is 14.0 Å². The largest absolute Gasteiger partial charge is 0.456 e. The quantitative estimate of drug-likeness (QED) is 0.582. The van der Waals surface area contributed by atoms with Crippen molar-refractivity contribution in [2.24, 2.45) is 0 Å². The summed E-state index contributed by atoms with van der Waals surface area (Å²) in [5.74, 6) is -0.491. The van der Waals surface area contributed by atoms with Crippen LogP contribution in [0.25, 0.3) is 11.4 Å². The Balaban J connectivity index is 1.23. The summed E-state index contributed by atoms with van der Waals surface area (Å²) in [6.07, 6.45) is 1.00. The Labute approximate surface area is 172 Å². The molecule has 7 nitrogen and oxygen atoms in total. The minimum atomic E-state index is -0.512. The molecule has 30 heavy (non-hydrogen) atoms. The molecule has 1 amide bonds. The molecule has 1 aromatic heterocycles. The first-order chi connectivity index (χ1) is 14.6. The second-order valence-electron chi connectivity index (χ2n) is 7.01. The van der Waals surface area contributed by atoms with Crippen molar-refractivity contribution in [2.75, 3.05) is 13.2 Å². The molecule has 0 radical (unpaired) electrons. The number of amides is 1. The van der Waals surface area contributed by atoms with E-state index in [2.05, 4.69) is 16.2 Å². The smallest absolute Gasteiger partial charge is 0.306 e. The molecule has 0 unspecified atom stereocenters. The molecule has 0 aliphatic carbocycles. The van der Waals surface area contributed by atoms with Gasteiger partial charge in [0.15, 0.2) is 6.61 Å². The predicted molar refractivity (Wildman–Crippen MR) is 105 cm³/mol. The fraction of sp³-hybridized carbons (Fsp3) is 0.273. The first-order valence-electron chi connectivity index (χ1n) is 9.67. The summed E-state index contributed by atoms with van der Waals surface area (Å²) in [5, 5.41) is 3.83. The van der Waals surface area contributed by atoms with E-state index in [-0.39, 0.29) is 37.1 Å². The van der Waals surface area contributed by atoms with Gasteiger partial charge in [0.2, 0.25) is 11.7 Å². The number of esters is 1. The predicted octanol–water partition coefficient (Wildman–Crippen LogP) is 2.94. The lowest BCUT2D eigenvalue weighted by molar-refractivity contribution is -0.152. The van der Waals surface area contributed by atoms with Gasteiger partial charge in [0, 0.05) is 25.1 Å². The van der Waals surface area contributed by atoms with Gasteiger partial charge in [-0.3, -0.25) is 9.59 Å². The van der Waals surface area contributed by atoms with Crippen LogP contribution in [-0.2, 0) is 33.7 Å². The normalized spacial score (nSPS) is 13.0. The van der Waals surface area contributed by atoms with Crippen LogP contribution in [-0.4, -0.2) is 40.1 Å². The molecule has 4 rings (SSSR count). The Morgan fingerprint density at radius 2 is 1.87 bits per heavy atom. The van der Waals surface area contributed by atoms with Gasteiger partial charge in [-0.25, -0.2) is 4.39 Å². The van der Waals surface area contributed by atoms with Crippen LogP contribution in [0.5, 0.6) is 0 Å². The van der Waals surface area contributed by atoms with Gasteiger partial charge in [0.1, 0.15) is 5.82 Å². The van der Waals surface area contributed by atoms with Gasteiger partial charge >= 0.3 is 5.97 Å². The van der Waals surface area contributed by atoms with Crippen molar-refractivity contribution in [1.29, 1.82) is 0 Å². The van der Waals surface area contributed by atoms with Crippen LogP contribution in [0.15, 0.2) is 53.1 Å². The van der Waals surface area contributed by atoms with Crippen molar-refractivity contribution in [3.63, 3.8) is 0 Å². The van der Waals surface area contributed by atoms with Crippen LogP contribution in [0, 0.1) is 5.82 Å². The Hall–Kier alpha value is -3.55. The molecule has 8 heteroatoms. The average Bonchev–Trinajstić information content (AvgIpc) is 3.25. The van der Waals surface area contributed by atoms with Crippen molar-refractivity contribution in [3.05, 3.63) is 71.4 Å². The summed E-state index contributed by atoms with van der Waals surface area (Å²) < 4.78 is 23.2. The second kappa shape index (κ2) is 8.86. The highest BCUT2D eigenvalue weighted by molar-refractivity contribution is 5.81. The highest BCUT2D eigenvalue weighted by Gasteiger charge is 2.21. The van der Waals surface area contributed by atoms with Crippen LogP contribution < -0.4 is 0 Å². The van der Waals surface area contributed by atoms with Gasteiger partial charge in [0.25, 0.3) is 5.91 Å². The third kappa shape index (κ3) is 4.71. The third-order valence-electron chi connectivity index (χ3n) is 4.95. The summed E-state index contributed by atoms with van der Waals surface area (Å²) >= 11 is 0. The lowest BCUT2D eigenvalue weighted by Crippen LogP contribution is -2.38. The lowest BCUT2D eigenvalue weighted by Gasteiger charge is -2.28. The minimum absolute atomic E-state index is 0.0150. The van der Waals surface area contributed by atoms with Crippen LogP contribution >= 0.6 is 0 Å². The summed E-state index contributed by atoms with van der Waals surface area (Å²) in [6.45, 7) is 0.855. The van der Waals surface area contributed by atoms with Gasteiger partial charge in [0.05, 0.1) is 6.42 Å². The molecule has 0 spiro atoms. The number of aryl methyl sites for hydroxylation is 1. The van der Waals surface area contributed by atoms with Gasteiger partial charge in [-0.2, -0.15) is 4.98 Å². The first-order valence-corrected chi connectivity index (χ1v) is 9.67. The number of carbonyl (C=O) groups excluding carboxylic acids is 2. The third-order valence-corrected chi connectivity index (χ3v) is 4.95. The monoisotopic (exact) mass is 409 g/mol. The van der Waals surface area contributed by atoms with Crippen molar-refractivity contribution >= 4 is 11.9 Å². The number of halogens is 1. The average molecular weight is 409 g/mol. The van der Waals surface area contributed by atoms with Gasteiger partial charge in [-0.1, -0.05) is 29.4 Å². The summed E-state index contributed by atoms with van der Waals surface area (Å²) in [4.78, 5) is 30.2. The van der Waals surface area contributed by atoms with Gasteiger partial charge in [-0.05, 0) is 41.8 Å². The fourth-order valence-corrected chi connectivity index (χ4v) is 3.30. The number of aromatic nitrogens is 2. The van der Waals surface area contributed by atoms with E-state index in [1.165, 1.54) is 17.7 Å². The zero-order chi connectivity index (χ0) is 20.9. The number of hydrogen-bond acceptors (Lipinski definition) is 6. The standard InChI is InChI=1S/C22H20FN3O4/c23-18-7-5-16(6-8-18)22-24-19(30-25-22)9-10-21(28)29-14-20(27)26-12-11-15-3-1-2-4-17(15)13-26/h1-8H,9-14H2. The summed E-state index contributed by atoms with van der Waals surface area (Å²) in [7, 11) is 0. The highest BCUT2D eigenvalue weighted by Crippen LogP contribution is 2.19. The molecule has 0 saturated heterocycles. The number of carbonyl (C=O) groups is 2. The van der Waals surface area contributed by atoms with Gasteiger partial charge < -0.3 is 14.2 Å². The molecule has 0 bridgehead atoms. The minimum Gasteiger partial charge on any atom is -0.456 e. The van der Waals surface area contributed by atoms with Gasteiger partial charge in [-0.15, -0.1) is 0 Å². The van der Waals surface area contributed by atoms with Crippen LogP contribution in [0.1, 0.15) is 23.4 Å². The molecule has 2 heterocycles. The molecule has 0 fully saturated rings. The molecule has 0 atom stereocenters. The molecule has 154 valence electrons. The SMILES string of the molecule is O=C(CCc1nc(-c2ccc(F)cc2)no1)OCC(=O)N1CCc2ccccc2C1. The summed E-state index contributed by atoms with van der Waals surface area (Å²) in [6, 6.07) is 13.7. The van der Waals surface area contributed by atoms with E-state index >= 15 is 0 Å². The van der Waals surface area contributed by atoms with Crippen molar-refractivity contribution in [1.82, 2.24) is 15.0 Å². The molecule has 1 aliphatic heterocycles. The van der Waals surface area contributed by atoms with E-state index in [0.29, 0.717) is 24.5 Å².